The maximum atomic E-state index is 8.86. The third-order valence-electron chi connectivity index (χ3n) is 1.52. The van der Waals surface area contributed by atoms with Crippen molar-refractivity contribution in [2.24, 2.45) is 5.92 Å². The summed E-state index contributed by atoms with van der Waals surface area (Å²) in [5.74, 6) is 0.638. The van der Waals surface area contributed by atoms with Crippen molar-refractivity contribution in [1.82, 2.24) is 0 Å². The van der Waals surface area contributed by atoms with E-state index in [-0.39, 0.29) is 0 Å². The topological polar surface area (TPSA) is 29.5 Å². The summed E-state index contributed by atoms with van der Waals surface area (Å²) in [6.07, 6.45) is 1.41. The third kappa shape index (κ3) is 3.85. The van der Waals surface area contributed by atoms with E-state index in [1.165, 1.54) is 0 Å². The Morgan fingerprint density at radius 1 is 1.40 bits per heavy atom. The van der Waals surface area contributed by atoms with Gasteiger partial charge in [-0.05, 0) is 12.3 Å². The van der Waals surface area contributed by atoms with Crippen molar-refractivity contribution < 1.29 is 9.84 Å². The van der Waals surface area contributed by atoms with Crippen molar-refractivity contribution in [3.05, 3.63) is 0 Å². The van der Waals surface area contributed by atoms with Gasteiger partial charge in [-0.2, -0.15) is 0 Å². The summed E-state index contributed by atoms with van der Waals surface area (Å²) >= 11 is 0. The predicted molar refractivity (Wildman–Crippen MR) is 41.7 cm³/mol. The fourth-order valence-electron chi connectivity index (χ4n) is 0.935. The maximum Gasteiger partial charge on any atom is 0.154 e. The number of hydrogen-bond acceptors (Lipinski definition) is 2. The predicted octanol–water partition coefficient (Wildman–Crippen LogP) is 1.78. The normalized spacial score (nSPS) is 32.4. The molecule has 2 nitrogen and oxygen atoms in total. The van der Waals surface area contributed by atoms with Crippen LogP contribution in [0, 0.1) is 5.92 Å². The van der Waals surface area contributed by atoms with E-state index < -0.39 is 6.29 Å². The Morgan fingerprint density at radius 3 is 2.30 bits per heavy atom. The molecule has 0 aromatic rings. The second-order valence-electron chi connectivity index (χ2n) is 2.45. The number of hydrogen-bond donors (Lipinski definition) is 1. The van der Waals surface area contributed by atoms with Gasteiger partial charge in [0.15, 0.2) is 6.29 Å². The third-order valence-corrected chi connectivity index (χ3v) is 1.52. The summed E-state index contributed by atoms with van der Waals surface area (Å²) in [5, 5.41) is 8.86. The molecule has 1 N–H and O–H groups in total. The summed E-state index contributed by atoms with van der Waals surface area (Å²) in [4.78, 5) is 0. The van der Waals surface area contributed by atoms with Crippen LogP contribution in [0.5, 0.6) is 0 Å². The van der Waals surface area contributed by atoms with Gasteiger partial charge in [-0.15, -0.1) is 0 Å². The van der Waals surface area contributed by atoms with Gasteiger partial charge >= 0.3 is 0 Å². The highest BCUT2D eigenvalue weighted by molar-refractivity contribution is 4.59. The van der Waals surface area contributed by atoms with Crippen LogP contribution < -0.4 is 0 Å². The van der Waals surface area contributed by atoms with Crippen LogP contribution in [0.15, 0.2) is 0 Å². The summed E-state index contributed by atoms with van der Waals surface area (Å²) < 4.78 is 4.90. The minimum absolute atomic E-state index is 0.487. The van der Waals surface area contributed by atoms with Crippen molar-refractivity contribution in [1.29, 1.82) is 0 Å². The molecule has 2 atom stereocenters. The average Bonchev–Trinajstić information content (AvgIpc) is 1.91. The number of aliphatic hydroxyl groups excluding tert-OH is 1. The minimum Gasteiger partial charge on any atom is -0.368 e. The molecule has 62 valence electrons. The van der Waals surface area contributed by atoms with Crippen molar-refractivity contribution in [3.8, 4) is 0 Å². The largest absolute Gasteiger partial charge is 0.368 e. The monoisotopic (exact) mass is 146 g/mol. The van der Waals surface area contributed by atoms with E-state index in [1.54, 1.807) is 0 Å². The molecule has 0 amide bonds. The van der Waals surface area contributed by atoms with Crippen molar-refractivity contribution >= 4 is 0 Å². The Kier molecular flexibility index (Phi) is 5.64. The van der Waals surface area contributed by atoms with Gasteiger partial charge in [-0.1, -0.05) is 20.8 Å². The first-order valence-corrected chi connectivity index (χ1v) is 4.08. The molecule has 1 saturated heterocycles. The Labute approximate surface area is 63.2 Å². The molecule has 1 rings (SSSR count). The van der Waals surface area contributed by atoms with Crippen LogP contribution in [-0.4, -0.2) is 18.0 Å². The van der Waals surface area contributed by atoms with E-state index in [9.17, 15) is 0 Å². The molecule has 2 heteroatoms. The minimum atomic E-state index is -0.487. The van der Waals surface area contributed by atoms with Crippen LogP contribution in [0.25, 0.3) is 0 Å². The number of rotatable bonds is 0. The standard InChI is InChI=1S/C6H12O2.C2H6/c1-5-2-3-8-6(7)4-5;1-2/h5-7H,2-4H2,1H3;1-2H3. The van der Waals surface area contributed by atoms with Gasteiger partial charge in [0.25, 0.3) is 0 Å². The first-order valence-electron chi connectivity index (χ1n) is 4.08. The van der Waals surface area contributed by atoms with Gasteiger partial charge in [-0.3, -0.25) is 0 Å². The highest BCUT2D eigenvalue weighted by Gasteiger charge is 2.15. The molecule has 1 aliphatic heterocycles. The van der Waals surface area contributed by atoms with E-state index in [0.717, 1.165) is 19.4 Å². The molecule has 1 heterocycles. The molecule has 0 aliphatic carbocycles. The van der Waals surface area contributed by atoms with E-state index in [1.807, 2.05) is 13.8 Å². The zero-order valence-corrected chi connectivity index (χ0v) is 7.13. The van der Waals surface area contributed by atoms with Crippen LogP contribution >= 0.6 is 0 Å². The summed E-state index contributed by atoms with van der Waals surface area (Å²) in [6.45, 7) is 6.86. The Hall–Kier alpha value is -0.0800. The summed E-state index contributed by atoms with van der Waals surface area (Å²) in [5.41, 5.74) is 0. The van der Waals surface area contributed by atoms with Crippen LogP contribution in [0.1, 0.15) is 33.6 Å². The summed E-state index contributed by atoms with van der Waals surface area (Å²) in [7, 11) is 0. The molecule has 0 saturated carbocycles. The second-order valence-corrected chi connectivity index (χ2v) is 2.45. The summed E-state index contributed by atoms with van der Waals surface area (Å²) in [6, 6.07) is 0. The molecule has 1 fully saturated rings. The van der Waals surface area contributed by atoms with E-state index in [2.05, 4.69) is 6.92 Å². The van der Waals surface area contributed by atoms with E-state index in [4.69, 9.17) is 9.84 Å². The van der Waals surface area contributed by atoms with E-state index >= 15 is 0 Å². The van der Waals surface area contributed by atoms with Gasteiger partial charge in [0, 0.05) is 13.0 Å². The Bertz CT molecular complexity index is 65.7. The van der Waals surface area contributed by atoms with Crippen LogP contribution in [-0.2, 0) is 4.74 Å². The SMILES string of the molecule is CC.CC1CCOC(O)C1. The smallest absolute Gasteiger partial charge is 0.154 e. The molecule has 0 spiro atoms. The van der Waals surface area contributed by atoms with Crippen molar-refractivity contribution in [2.45, 2.75) is 39.9 Å². The van der Waals surface area contributed by atoms with Gasteiger partial charge in [0.2, 0.25) is 0 Å². The lowest BCUT2D eigenvalue weighted by Gasteiger charge is -2.22. The first kappa shape index (κ1) is 9.92. The molecule has 0 aromatic carbocycles. The lowest BCUT2D eigenvalue weighted by atomic mass is 10.0. The fourth-order valence-corrected chi connectivity index (χ4v) is 0.935. The highest BCUT2D eigenvalue weighted by atomic mass is 16.6. The average molecular weight is 146 g/mol. The van der Waals surface area contributed by atoms with Crippen molar-refractivity contribution in [3.63, 3.8) is 0 Å². The number of ether oxygens (including phenoxy) is 1. The lowest BCUT2D eigenvalue weighted by molar-refractivity contribution is -0.136. The van der Waals surface area contributed by atoms with Crippen LogP contribution in [0.4, 0.5) is 0 Å². The lowest BCUT2D eigenvalue weighted by Crippen LogP contribution is -2.23. The first-order chi connectivity index (χ1) is 4.79. The second kappa shape index (κ2) is 5.69. The quantitative estimate of drug-likeness (QED) is 0.564. The maximum absolute atomic E-state index is 8.86. The molecule has 0 aromatic heterocycles. The zero-order valence-electron chi connectivity index (χ0n) is 7.13. The molecular formula is C8H18O2. The zero-order chi connectivity index (χ0) is 7.98. The van der Waals surface area contributed by atoms with E-state index in [0.29, 0.717) is 5.92 Å². The van der Waals surface area contributed by atoms with Crippen LogP contribution in [0.3, 0.4) is 0 Å². The molecule has 0 bridgehead atoms. The Morgan fingerprint density at radius 2 is 2.00 bits per heavy atom. The Balaban J connectivity index is 0.000000371. The van der Waals surface area contributed by atoms with Gasteiger partial charge < -0.3 is 9.84 Å². The van der Waals surface area contributed by atoms with Crippen molar-refractivity contribution in [2.75, 3.05) is 6.61 Å². The van der Waals surface area contributed by atoms with Gasteiger partial charge in [-0.25, -0.2) is 0 Å². The highest BCUT2D eigenvalue weighted by Crippen LogP contribution is 2.16. The van der Waals surface area contributed by atoms with Crippen LogP contribution in [0.2, 0.25) is 0 Å². The number of aliphatic hydroxyl groups is 1. The molecule has 2 unspecified atom stereocenters. The molecular weight excluding hydrogens is 128 g/mol. The van der Waals surface area contributed by atoms with Gasteiger partial charge in [0.1, 0.15) is 0 Å². The molecule has 10 heavy (non-hydrogen) atoms. The fraction of sp³-hybridized carbons (Fsp3) is 1.00. The molecule has 0 radical (unpaired) electrons. The molecule has 1 aliphatic rings. The van der Waals surface area contributed by atoms with Gasteiger partial charge in [0.05, 0.1) is 0 Å².